The van der Waals surface area contributed by atoms with E-state index in [-0.39, 0.29) is 6.10 Å². The minimum atomic E-state index is 0.150. The summed E-state index contributed by atoms with van der Waals surface area (Å²) in [5.41, 5.74) is 7.87. The molecule has 6 nitrogen and oxygen atoms in total. The lowest BCUT2D eigenvalue weighted by Gasteiger charge is -2.21. The predicted octanol–water partition coefficient (Wildman–Crippen LogP) is 4.18. The van der Waals surface area contributed by atoms with Crippen LogP contribution in [-0.4, -0.2) is 25.7 Å². The Bertz CT molecular complexity index is 672. The fourth-order valence-electron chi connectivity index (χ4n) is 3.86. The van der Waals surface area contributed by atoms with Crippen LogP contribution in [0.25, 0.3) is 5.65 Å². The molecule has 0 bridgehead atoms. The van der Waals surface area contributed by atoms with Crippen LogP contribution >= 0.6 is 0 Å². The van der Waals surface area contributed by atoms with Crippen LogP contribution in [0.3, 0.4) is 0 Å². The lowest BCUT2D eigenvalue weighted by Crippen LogP contribution is -2.19. The molecule has 2 N–H and O–H groups in total. The molecule has 25 heavy (non-hydrogen) atoms. The van der Waals surface area contributed by atoms with Crippen molar-refractivity contribution < 1.29 is 4.74 Å². The van der Waals surface area contributed by atoms with Crippen molar-refractivity contribution in [3.8, 4) is 6.01 Å². The van der Waals surface area contributed by atoms with Gasteiger partial charge in [0.1, 0.15) is 6.10 Å². The molecule has 1 saturated carbocycles. The Hall–Kier alpha value is -1.85. The van der Waals surface area contributed by atoms with Crippen molar-refractivity contribution in [2.24, 2.45) is 5.92 Å². The normalized spacial score (nSPS) is 16.0. The molecule has 6 heteroatoms. The molecule has 2 aromatic rings. The van der Waals surface area contributed by atoms with Crippen LogP contribution in [0.15, 0.2) is 6.20 Å². The molecule has 0 spiro atoms. The van der Waals surface area contributed by atoms with Crippen molar-refractivity contribution in [2.75, 3.05) is 5.73 Å². The summed E-state index contributed by atoms with van der Waals surface area (Å²) in [4.78, 5) is 8.76. The smallest absolute Gasteiger partial charge is 0.336 e. The van der Waals surface area contributed by atoms with Gasteiger partial charge < -0.3 is 10.5 Å². The molecule has 1 aliphatic carbocycles. The van der Waals surface area contributed by atoms with E-state index in [1.165, 1.54) is 32.1 Å². The number of anilines is 1. The highest BCUT2D eigenvalue weighted by atomic mass is 16.5. The first kappa shape index (κ1) is 18.0. The van der Waals surface area contributed by atoms with E-state index in [9.17, 15) is 0 Å². The summed E-state index contributed by atoms with van der Waals surface area (Å²) < 4.78 is 7.90. The number of nitrogens with zero attached hydrogens (tertiary/aromatic N) is 4. The molecule has 2 aromatic heterocycles. The van der Waals surface area contributed by atoms with Crippen LogP contribution in [-0.2, 0) is 6.42 Å². The number of hydrogen-bond donors (Lipinski definition) is 1. The van der Waals surface area contributed by atoms with Gasteiger partial charge in [0.2, 0.25) is 0 Å². The molecule has 1 aliphatic rings. The van der Waals surface area contributed by atoms with E-state index in [1.807, 2.05) is 10.7 Å². The molecular weight excluding hydrogens is 314 g/mol. The zero-order valence-electron chi connectivity index (χ0n) is 15.6. The quantitative estimate of drug-likeness (QED) is 0.776. The number of imidazole rings is 1. The maximum atomic E-state index is 6.11. The van der Waals surface area contributed by atoms with Crippen LogP contribution in [0.5, 0.6) is 6.01 Å². The number of nitrogens with two attached hydrogens (primary N) is 1. The maximum absolute atomic E-state index is 6.11. The zero-order chi connectivity index (χ0) is 17.6. The Kier molecular flexibility index (Phi) is 6.10. The van der Waals surface area contributed by atoms with Gasteiger partial charge in [-0.25, -0.2) is 9.50 Å². The van der Waals surface area contributed by atoms with Crippen molar-refractivity contribution in [1.29, 1.82) is 0 Å². The van der Waals surface area contributed by atoms with Gasteiger partial charge in [-0.1, -0.05) is 58.8 Å². The second-order valence-electron chi connectivity index (χ2n) is 7.29. The van der Waals surface area contributed by atoms with Gasteiger partial charge in [0.25, 0.3) is 0 Å². The molecular formula is C19H31N5O. The third-order valence-corrected chi connectivity index (χ3v) is 5.16. The number of rotatable bonds is 8. The van der Waals surface area contributed by atoms with Gasteiger partial charge in [0.15, 0.2) is 11.5 Å². The summed E-state index contributed by atoms with van der Waals surface area (Å²) in [7, 11) is 0. The zero-order valence-corrected chi connectivity index (χ0v) is 15.6. The summed E-state index contributed by atoms with van der Waals surface area (Å²) in [5.74, 6) is 1.12. The van der Waals surface area contributed by atoms with E-state index in [1.54, 1.807) is 0 Å². The summed E-state index contributed by atoms with van der Waals surface area (Å²) in [5, 5.41) is 4.61. The fourth-order valence-corrected chi connectivity index (χ4v) is 3.86. The maximum Gasteiger partial charge on any atom is 0.336 e. The van der Waals surface area contributed by atoms with Gasteiger partial charge in [-0.15, -0.1) is 5.10 Å². The first-order valence-corrected chi connectivity index (χ1v) is 9.88. The third-order valence-electron chi connectivity index (χ3n) is 5.16. The lowest BCUT2D eigenvalue weighted by atomic mass is 9.86. The molecule has 0 atom stereocenters. The number of aromatic nitrogens is 4. The van der Waals surface area contributed by atoms with Crippen LogP contribution in [0, 0.1) is 5.92 Å². The Morgan fingerprint density at radius 3 is 2.60 bits per heavy atom. The molecule has 0 aliphatic heterocycles. The predicted molar refractivity (Wildman–Crippen MR) is 99.7 cm³/mol. The minimum Gasteiger partial charge on any atom is -0.459 e. The van der Waals surface area contributed by atoms with E-state index >= 15 is 0 Å². The first-order chi connectivity index (χ1) is 12.2. The first-order valence-electron chi connectivity index (χ1n) is 9.88. The Morgan fingerprint density at radius 1 is 1.20 bits per heavy atom. The summed E-state index contributed by atoms with van der Waals surface area (Å²) in [6.45, 7) is 4.34. The lowest BCUT2D eigenvalue weighted by molar-refractivity contribution is 0.161. The average molecular weight is 345 g/mol. The van der Waals surface area contributed by atoms with E-state index in [0.717, 1.165) is 43.7 Å². The molecule has 0 saturated heterocycles. The number of fused-ring (bicyclic) bond motifs is 1. The van der Waals surface area contributed by atoms with E-state index in [4.69, 9.17) is 10.5 Å². The van der Waals surface area contributed by atoms with Crippen LogP contribution in [0.1, 0.15) is 77.3 Å². The van der Waals surface area contributed by atoms with Crippen molar-refractivity contribution in [3.05, 3.63) is 11.9 Å². The average Bonchev–Trinajstić information content (AvgIpc) is 3.00. The topological polar surface area (TPSA) is 78.3 Å². The molecule has 138 valence electrons. The van der Waals surface area contributed by atoms with Crippen molar-refractivity contribution in [3.63, 3.8) is 0 Å². The Morgan fingerprint density at radius 2 is 1.92 bits per heavy atom. The van der Waals surface area contributed by atoms with E-state index < -0.39 is 0 Å². The second-order valence-corrected chi connectivity index (χ2v) is 7.29. The van der Waals surface area contributed by atoms with Crippen molar-refractivity contribution in [2.45, 2.75) is 84.2 Å². The largest absolute Gasteiger partial charge is 0.459 e. The summed E-state index contributed by atoms with van der Waals surface area (Å²) in [6.07, 6.45) is 13.9. The Balaban J connectivity index is 1.81. The van der Waals surface area contributed by atoms with Crippen LogP contribution in [0.4, 0.5) is 5.82 Å². The van der Waals surface area contributed by atoms with Crippen LogP contribution < -0.4 is 10.5 Å². The van der Waals surface area contributed by atoms with Gasteiger partial charge in [0.05, 0.1) is 11.9 Å². The van der Waals surface area contributed by atoms with Gasteiger partial charge >= 0.3 is 6.01 Å². The van der Waals surface area contributed by atoms with E-state index in [0.29, 0.717) is 17.5 Å². The summed E-state index contributed by atoms with van der Waals surface area (Å²) >= 11 is 0. The van der Waals surface area contributed by atoms with Gasteiger partial charge in [-0.05, 0) is 25.2 Å². The molecule has 0 radical (unpaired) electrons. The highest BCUT2D eigenvalue weighted by molar-refractivity contribution is 5.59. The SMILES string of the molecule is CCCC(CCC)Oc1nc(N)c2ncc(CC3CCCCC3)n2n1. The Labute approximate surface area is 150 Å². The van der Waals surface area contributed by atoms with E-state index in [2.05, 4.69) is 28.9 Å². The molecule has 2 heterocycles. The van der Waals surface area contributed by atoms with Gasteiger partial charge in [-0.3, -0.25) is 0 Å². The van der Waals surface area contributed by atoms with Crippen LogP contribution in [0.2, 0.25) is 0 Å². The van der Waals surface area contributed by atoms with Gasteiger partial charge in [0, 0.05) is 0 Å². The molecule has 3 rings (SSSR count). The standard InChI is InChI=1S/C19H31N5O/c1-3-8-16(9-4-2)25-19-22-17(20)18-21-13-15(24(18)23-19)12-14-10-6-5-7-11-14/h13-14,16H,3-12H2,1-2H3,(H2,20,22,23). The van der Waals surface area contributed by atoms with Gasteiger partial charge in [-0.2, -0.15) is 4.98 Å². The molecule has 1 fully saturated rings. The second kappa shape index (κ2) is 8.50. The molecule has 0 unspecified atom stereocenters. The number of ether oxygens (including phenoxy) is 1. The monoisotopic (exact) mass is 345 g/mol. The fraction of sp³-hybridized carbons (Fsp3) is 0.737. The molecule has 0 aromatic carbocycles. The third kappa shape index (κ3) is 4.41. The minimum absolute atomic E-state index is 0.150. The van der Waals surface area contributed by atoms with Crippen molar-refractivity contribution in [1.82, 2.24) is 19.6 Å². The highest BCUT2D eigenvalue weighted by Gasteiger charge is 2.19. The molecule has 0 amide bonds. The highest BCUT2D eigenvalue weighted by Crippen LogP contribution is 2.27. The number of nitrogen functional groups attached to an aromatic ring is 1. The van der Waals surface area contributed by atoms with Crippen molar-refractivity contribution >= 4 is 11.5 Å². The summed E-state index contributed by atoms with van der Waals surface area (Å²) in [6, 6.07) is 0.375. The number of hydrogen-bond acceptors (Lipinski definition) is 5.